The van der Waals surface area contributed by atoms with Gasteiger partial charge < -0.3 is 15.7 Å². The first-order valence-corrected chi connectivity index (χ1v) is 10.00. The minimum atomic E-state index is -4.67. The van der Waals surface area contributed by atoms with Gasteiger partial charge in [0.2, 0.25) is 0 Å². The molecule has 0 aliphatic carbocycles. The molecule has 8 heteroatoms. The monoisotopic (exact) mass is 450 g/mol. The Labute approximate surface area is 184 Å². The zero-order chi connectivity index (χ0) is 24.1. The number of benzene rings is 2. The van der Waals surface area contributed by atoms with Crippen LogP contribution in [0.1, 0.15) is 43.9 Å². The van der Waals surface area contributed by atoms with Crippen molar-refractivity contribution in [2.75, 3.05) is 5.32 Å². The van der Waals surface area contributed by atoms with Gasteiger partial charge in [0.05, 0.1) is 12.3 Å². The molecular formula is C24H26F4N2O2. The molecule has 0 aliphatic rings. The molecule has 0 spiro atoms. The first kappa shape index (κ1) is 25.1. The smallest absolute Gasteiger partial charge is 0.392 e. The highest BCUT2D eigenvalue weighted by Gasteiger charge is 2.36. The molecule has 0 bridgehead atoms. The second-order valence-corrected chi connectivity index (χ2v) is 7.39. The lowest BCUT2D eigenvalue weighted by molar-refractivity contribution is -0.112. The Hall–Kier alpha value is -3.13. The lowest BCUT2D eigenvalue weighted by Crippen LogP contribution is -2.29. The second-order valence-electron chi connectivity index (χ2n) is 7.39. The van der Waals surface area contributed by atoms with Gasteiger partial charge in [-0.1, -0.05) is 13.0 Å². The van der Waals surface area contributed by atoms with Gasteiger partial charge in [-0.15, -0.1) is 0 Å². The van der Waals surface area contributed by atoms with E-state index in [2.05, 4.69) is 10.6 Å². The van der Waals surface area contributed by atoms with Crippen LogP contribution in [0.2, 0.25) is 0 Å². The minimum Gasteiger partial charge on any atom is -0.392 e. The van der Waals surface area contributed by atoms with Crippen LogP contribution in [-0.2, 0) is 11.4 Å². The molecule has 0 aliphatic heterocycles. The molecule has 32 heavy (non-hydrogen) atoms. The van der Waals surface area contributed by atoms with Gasteiger partial charge in [0.1, 0.15) is 11.5 Å². The lowest BCUT2D eigenvalue weighted by atomic mass is 10.0. The van der Waals surface area contributed by atoms with Crippen molar-refractivity contribution in [3.63, 3.8) is 0 Å². The van der Waals surface area contributed by atoms with Crippen LogP contribution in [0.4, 0.5) is 23.2 Å². The average Bonchev–Trinajstić information content (AvgIpc) is 2.74. The van der Waals surface area contributed by atoms with E-state index in [1.165, 1.54) is 26.0 Å². The van der Waals surface area contributed by atoms with E-state index in [0.29, 0.717) is 11.3 Å². The number of aryl methyl sites for hydroxylation is 1. The van der Waals surface area contributed by atoms with Crippen LogP contribution >= 0.6 is 0 Å². The van der Waals surface area contributed by atoms with Gasteiger partial charge in [-0.05, 0) is 85.9 Å². The van der Waals surface area contributed by atoms with Gasteiger partial charge in [0.25, 0.3) is 5.91 Å². The van der Waals surface area contributed by atoms with E-state index < -0.39 is 23.6 Å². The van der Waals surface area contributed by atoms with Crippen molar-refractivity contribution >= 4 is 17.3 Å². The summed E-state index contributed by atoms with van der Waals surface area (Å²) < 4.78 is 54.5. The zero-order valence-electron chi connectivity index (χ0n) is 18.3. The van der Waals surface area contributed by atoms with E-state index in [1.807, 2.05) is 0 Å². The molecule has 3 N–H and O–H groups in total. The van der Waals surface area contributed by atoms with Gasteiger partial charge in [0, 0.05) is 11.3 Å². The van der Waals surface area contributed by atoms with E-state index in [0.717, 1.165) is 17.7 Å². The normalized spacial score (nSPS) is 13.3. The number of anilines is 1. The summed E-state index contributed by atoms with van der Waals surface area (Å²) in [5.41, 5.74) is 1.05. The molecule has 172 valence electrons. The van der Waals surface area contributed by atoms with Crippen LogP contribution in [0.15, 0.2) is 59.3 Å². The second kappa shape index (κ2) is 10.5. The fourth-order valence-corrected chi connectivity index (χ4v) is 2.98. The molecule has 0 fully saturated rings. The predicted octanol–water partition coefficient (Wildman–Crippen LogP) is 5.83. The maximum Gasteiger partial charge on any atom is 0.431 e. The molecule has 0 radical (unpaired) electrons. The van der Waals surface area contributed by atoms with Crippen molar-refractivity contribution in [2.45, 2.75) is 46.9 Å². The topological polar surface area (TPSA) is 61.4 Å². The van der Waals surface area contributed by atoms with E-state index >= 15 is 0 Å². The molecule has 2 aromatic carbocycles. The highest BCUT2D eigenvalue weighted by molar-refractivity contribution is 6.08. The molecule has 2 aromatic rings. The maximum absolute atomic E-state index is 13.7. The number of alkyl halides is 3. The molecular weight excluding hydrogens is 424 g/mol. The first-order chi connectivity index (χ1) is 15.0. The molecule has 0 heterocycles. The quantitative estimate of drug-likeness (QED) is 0.367. The minimum absolute atomic E-state index is 0.0200. The third-order valence-electron chi connectivity index (χ3n) is 5.12. The van der Waals surface area contributed by atoms with Crippen molar-refractivity contribution in [1.82, 2.24) is 5.32 Å². The Morgan fingerprint density at radius 1 is 1.06 bits per heavy atom. The number of hydrogen-bond acceptors (Lipinski definition) is 3. The van der Waals surface area contributed by atoms with Crippen molar-refractivity contribution in [3.8, 4) is 0 Å². The number of halogens is 4. The summed E-state index contributed by atoms with van der Waals surface area (Å²) >= 11 is 0. The number of rotatable bonds is 7. The predicted molar refractivity (Wildman–Crippen MR) is 117 cm³/mol. The number of nitrogens with one attached hydrogen (secondary N) is 2. The third kappa shape index (κ3) is 6.20. The van der Waals surface area contributed by atoms with Crippen molar-refractivity contribution in [1.29, 1.82) is 0 Å². The Morgan fingerprint density at radius 2 is 1.69 bits per heavy atom. The highest BCUT2D eigenvalue weighted by Crippen LogP contribution is 2.31. The number of aliphatic hydroxyl groups excluding tert-OH is 1. The molecule has 4 nitrogen and oxygen atoms in total. The van der Waals surface area contributed by atoms with E-state index in [-0.39, 0.29) is 35.4 Å². The van der Waals surface area contributed by atoms with Gasteiger partial charge in [-0.2, -0.15) is 13.2 Å². The number of aliphatic hydroxyl groups is 1. The number of allylic oxidation sites excluding steroid dienone is 2. The van der Waals surface area contributed by atoms with Gasteiger partial charge in [0.15, 0.2) is 0 Å². The Kier molecular flexibility index (Phi) is 8.21. The van der Waals surface area contributed by atoms with Crippen LogP contribution in [0, 0.1) is 12.7 Å². The fraction of sp³-hybridized carbons (Fsp3) is 0.292. The molecule has 0 saturated heterocycles. The van der Waals surface area contributed by atoms with Gasteiger partial charge >= 0.3 is 6.18 Å². The number of carbonyl (C=O) groups is 1. The summed E-state index contributed by atoms with van der Waals surface area (Å²) in [5.74, 6) is -1.19. The Balaban J connectivity index is 2.54. The zero-order valence-corrected chi connectivity index (χ0v) is 18.3. The van der Waals surface area contributed by atoms with Crippen LogP contribution in [0.5, 0.6) is 0 Å². The van der Waals surface area contributed by atoms with Crippen LogP contribution < -0.4 is 10.6 Å². The summed E-state index contributed by atoms with van der Waals surface area (Å²) in [6.07, 6.45) is -4.52. The van der Waals surface area contributed by atoms with Crippen molar-refractivity contribution < 1.29 is 27.5 Å². The largest absolute Gasteiger partial charge is 0.431 e. The lowest BCUT2D eigenvalue weighted by Gasteiger charge is -2.21. The summed E-state index contributed by atoms with van der Waals surface area (Å²) in [6.45, 7) is 5.93. The molecule has 0 unspecified atom stereocenters. The maximum atomic E-state index is 13.7. The molecule has 2 rings (SSSR count). The van der Waals surface area contributed by atoms with Crippen LogP contribution in [0.25, 0.3) is 5.70 Å². The average molecular weight is 450 g/mol. The Morgan fingerprint density at radius 3 is 2.22 bits per heavy atom. The summed E-state index contributed by atoms with van der Waals surface area (Å²) in [7, 11) is 0. The van der Waals surface area contributed by atoms with E-state index in [9.17, 15) is 27.5 Å². The summed E-state index contributed by atoms with van der Waals surface area (Å²) in [4.78, 5) is 12.9. The first-order valence-electron chi connectivity index (χ1n) is 10.00. The SMILES string of the molecule is CC/C(C)=C(/N/C(=C(\C)C(=O)Nc1ccc(C)c(CO)c1)c1ccc(F)cc1)C(F)(F)F. The van der Waals surface area contributed by atoms with Crippen LogP contribution in [-0.4, -0.2) is 17.2 Å². The van der Waals surface area contributed by atoms with Crippen LogP contribution in [0.3, 0.4) is 0 Å². The third-order valence-corrected chi connectivity index (χ3v) is 5.12. The van der Waals surface area contributed by atoms with E-state index in [1.54, 1.807) is 32.0 Å². The molecule has 0 aromatic heterocycles. The fourth-order valence-electron chi connectivity index (χ4n) is 2.98. The van der Waals surface area contributed by atoms with Gasteiger partial charge in [-0.25, -0.2) is 4.39 Å². The van der Waals surface area contributed by atoms with Crippen molar-refractivity contribution in [2.24, 2.45) is 0 Å². The highest BCUT2D eigenvalue weighted by atomic mass is 19.4. The van der Waals surface area contributed by atoms with Crippen molar-refractivity contribution in [3.05, 3.63) is 81.8 Å². The Bertz CT molecular complexity index is 1040. The molecule has 0 saturated carbocycles. The number of hydrogen-bond donors (Lipinski definition) is 3. The molecule has 1 amide bonds. The summed E-state index contributed by atoms with van der Waals surface area (Å²) in [6, 6.07) is 9.77. The molecule has 0 atom stereocenters. The summed E-state index contributed by atoms with van der Waals surface area (Å²) in [5, 5.41) is 14.5. The standard InChI is InChI=1S/C24H26F4N2O2/c1-5-14(2)22(24(26,27)28)30-21(17-7-9-19(25)10-8-17)16(4)23(32)29-20-11-6-15(3)18(12-20)13-31/h6-12,30-31H,5,13H2,1-4H3,(H,29,32)/b21-16+,22-14+. The van der Waals surface area contributed by atoms with Gasteiger partial charge in [-0.3, -0.25) is 4.79 Å². The number of amides is 1. The number of carbonyl (C=O) groups excluding carboxylic acids is 1. The van der Waals surface area contributed by atoms with E-state index in [4.69, 9.17) is 0 Å².